The van der Waals surface area contributed by atoms with Crippen LogP contribution in [-0.2, 0) is 20.7 Å². The van der Waals surface area contributed by atoms with Gasteiger partial charge in [0.2, 0.25) is 5.91 Å². The number of aliphatic imine (C=N–C) groups is 1. The molecule has 200 valence electrons. The molecule has 0 bridgehead atoms. The number of nitrogens with two attached hydrogens (primary N) is 1. The van der Waals surface area contributed by atoms with Crippen LogP contribution in [0.5, 0.6) is 0 Å². The Morgan fingerprint density at radius 1 is 1.13 bits per heavy atom. The fourth-order valence-corrected chi connectivity index (χ4v) is 4.37. The lowest BCUT2D eigenvalue weighted by molar-refractivity contribution is -0.143. The maximum atomic E-state index is 13.4. The van der Waals surface area contributed by atoms with Gasteiger partial charge in [0, 0.05) is 37.3 Å². The van der Waals surface area contributed by atoms with Crippen molar-refractivity contribution in [2.24, 2.45) is 27.1 Å². The van der Waals surface area contributed by atoms with Crippen molar-refractivity contribution >= 4 is 29.5 Å². The van der Waals surface area contributed by atoms with Gasteiger partial charge in [0.05, 0.1) is 18.7 Å². The Labute approximate surface area is 223 Å². The highest BCUT2D eigenvalue weighted by molar-refractivity contribution is 6.06. The van der Waals surface area contributed by atoms with Gasteiger partial charge in [0.1, 0.15) is 0 Å². The summed E-state index contributed by atoms with van der Waals surface area (Å²) in [5.74, 6) is 5.93. The van der Waals surface area contributed by atoms with Crippen LogP contribution < -0.4 is 5.84 Å². The molecule has 9 nitrogen and oxygen atoms in total. The van der Waals surface area contributed by atoms with Crippen LogP contribution in [-0.4, -0.2) is 54.0 Å². The molecule has 1 amide bonds. The summed E-state index contributed by atoms with van der Waals surface area (Å²) in [5.41, 5.74) is 4.83. The zero-order valence-corrected chi connectivity index (χ0v) is 21.8. The van der Waals surface area contributed by atoms with E-state index in [1.807, 2.05) is 55.5 Å². The number of aliphatic hydroxyl groups excluding tert-OH is 1. The van der Waals surface area contributed by atoms with Crippen molar-refractivity contribution in [3.8, 4) is 11.1 Å². The summed E-state index contributed by atoms with van der Waals surface area (Å²) < 4.78 is 5.34. The third-order valence-corrected chi connectivity index (χ3v) is 6.59. The Morgan fingerprint density at radius 2 is 1.89 bits per heavy atom. The molecule has 4 rings (SSSR count). The van der Waals surface area contributed by atoms with Gasteiger partial charge in [-0.15, -0.1) is 5.11 Å². The number of ether oxygens (including phenoxy) is 1. The first kappa shape index (κ1) is 27.2. The zero-order chi connectivity index (χ0) is 26.9. The summed E-state index contributed by atoms with van der Waals surface area (Å²) in [5, 5.41) is 16.6. The number of rotatable bonds is 11. The van der Waals surface area contributed by atoms with Crippen molar-refractivity contribution in [2.75, 3.05) is 26.3 Å². The molecule has 2 aliphatic rings. The van der Waals surface area contributed by atoms with Crippen LogP contribution in [0.4, 0.5) is 5.69 Å². The normalized spacial score (nSPS) is 14.9. The largest absolute Gasteiger partial charge is 0.465 e. The predicted molar refractivity (Wildman–Crippen MR) is 147 cm³/mol. The highest BCUT2D eigenvalue weighted by Gasteiger charge is 2.24. The number of carbonyl (C=O) groups is 2. The topological polar surface area (TPSA) is 130 Å². The van der Waals surface area contributed by atoms with Crippen molar-refractivity contribution in [3.05, 3.63) is 59.2 Å². The van der Waals surface area contributed by atoms with Gasteiger partial charge >= 0.3 is 5.97 Å². The maximum absolute atomic E-state index is 13.4. The van der Waals surface area contributed by atoms with Gasteiger partial charge < -0.3 is 20.6 Å². The molecule has 9 heteroatoms. The van der Waals surface area contributed by atoms with Crippen LogP contribution in [0, 0.1) is 5.92 Å². The Balaban J connectivity index is 1.55. The Hall–Kier alpha value is -3.85. The number of carbonyl (C=O) groups excluding carboxylic acids is 2. The first-order chi connectivity index (χ1) is 18.5. The highest BCUT2D eigenvalue weighted by Crippen LogP contribution is 2.33. The third kappa shape index (κ3) is 7.35. The second-order valence-electron chi connectivity index (χ2n) is 9.73. The predicted octanol–water partition coefficient (Wildman–Crippen LogP) is 4.61. The standard InChI is InChI=1S/C29H35N5O4/c1-2-12-34(13-3-14-35)29(37)25-16-24-11-10-23(17-26(24)31-27(18-25)32-33-30)22-8-6-20(7-9-22)15-28(36)38-19-21-4-5-21/h6-11,16-17,21,35H,2-5,12-15,18-19H2,1H3,(H2,30,31,32). The van der Waals surface area contributed by atoms with E-state index < -0.39 is 0 Å². The minimum absolute atomic E-state index is 0.0255. The lowest BCUT2D eigenvalue weighted by Gasteiger charge is -2.23. The van der Waals surface area contributed by atoms with Crippen molar-refractivity contribution in [3.63, 3.8) is 0 Å². The van der Waals surface area contributed by atoms with Gasteiger partial charge in [-0.1, -0.05) is 48.5 Å². The molecule has 3 N–H and O–H groups in total. The van der Waals surface area contributed by atoms with E-state index in [0.29, 0.717) is 49.1 Å². The molecule has 1 fully saturated rings. The molecule has 0 spiro atoms. The molecule has 2 aromatic rings. The number of fused-ring (bicyclic) bond motifs is 1. The van der Waals surface area contributed by atoms with E-state index in [1.54, 1.807) is 4.90 Å². The lowest BCUT2D eigenvalue weighted by atomic mass is 9.99. The molecule has 1 heterocycles. The van der Waals surface area contributed by atoms with Crippen LogP contribution in [0.25, 0.3) is 17.2 Å². The van der Waals surface area contributed by atoms with Crippen molar-refractivity contribution < 1.29 is 19.4 Å². The molecule has 1 aliphatic heterocycles. The number of aliphatic hydroxyl groups is 1. The van der Waals surface area contributed by atoms with E-state index in [1.165, 1.54) is 0 Å². The molecule has 2 aromatic carbocycles. The molecule has 0 unspecified atom stereocenters. The maximum Gasteiger partial charge on any atom is 0.310 e. The lowest BCUT2D eigenvalue weighted by Crippen LogP contribution is -2.34. The van der Waals surface area contributed by atoms with Crippen molar-refractivity contribution in [1.29, 1.82) is 0 Å². The zero-order valence-electron chi connectivity index (χ0n) is 21.8. The Kier molecular flexibility index (Phi) is 9.37. The summed E-state index contributed by atoms with van der Waals surface area (Å²) in [4.78, 5) is 31.9. The smallest absolute Gasteiger partial charge is 0.310 e. The summed E-state index contributed by atoms with van der Waals surface area (Å²) in [7, 11) is 0. The first-order valence-corrected chi connectivity index (χ1v) is 13.2. The van der Waals surface area contributed by atoms with Gasteiger partial charge in [-0.25, -0.2) is 4.99 Å². The third-order valence-electron chi connectivity index (χ3n) is 6.59. The average molecular weight is 518 g/mol. The van der Waals surface area contributed by atoms with E-state index in [-0.39, 0.29) is 31.3 Å². The van der Waals surface area contributed by atoms with Gasteiger partial charge in [-0.3, -0.25) is 9.59 Å². The number of hydrogen-bond acceptors (Lipinski definition) is 7. The van der Waals surface area contributed by atoms with Crippen LogP contribution in [0.15, 0.2) is 63.4 Å². The highest BCUT2D eigenvalue weighted by atomic mass is 16.5. The monoisotopic (exact) mass is 517 g/mol. The van der Waals surface area contributed by atoms with E-state index in [0.717, 1.165) is 41.5 Å². The minimum atomic E-state index is -0.198. The average Bonchev–Trinajstić information content (AvgIpc) is 3.76. The fourth-order valence-electron chi connectivity index (χ4n) is 4.37. The number of amides is 1. The SMILES string of the molecule is CCCN(CCCO)C(=O)C1=Cc2ccc(-c3ccc(CC(=O)OCC4CC4)cc3)cc2N=C(N=NN)C1. The minimum Gasteiger partial charge on any atom is -0.465 e. The Bertz CT molecular complexity index is 1230. The fraction of sp³-hybridized carbons (Fsp3) is 0.414. The molecule has 0 atom stereocenters. The molecule has 1 saturated carbocycles. The van der Waals surface area contributed by atoms with E-state index in [9.17, 15) is 14.7 Å². The summed E-state index contributed by atoms with van der Waals surface area (Å²) >= 11 is 0. The number of hydrogen-bond donors (Lipinski definition) is 2. The van der Waals surface area contributed by atoms with Crippen LogP contribution in [0.1, 0.15) is 50.2 Å². The summed E-state index contributed by atoms with van der Waals surface area (Å²) in [6.45, 7) is 3.64. The van der Waals surface area contributed by atoms with E-state index in [4.69, 9.17) is 10.6 Å². The second-order valence-corrected chi connectivity index (χ2v) is 9.73. The molecular formula is C29H35N5O4. The summed E-state index contributed by atoms with van der Waals surface area (Å²) in [6.07, 6.45) is 5.94. The van der Waals surface area contributed by atoms with Gasteiger partial charge in [-0.2, -0.15) is 0 Å². The van der Waals surface area contributed by atoms with Crippen LogP contribution in [0.3, 0.4) is 0 Å². The molecule has 38 heavy (non-hydrogen) atoms. The van der Waals surface area contributed by atoms with E-state index in [2.05, 4.69) is 15.3 Å². The summed E-state index contributed by atoms with van der Waals surface area (Å²) in [6, 6.07) is 13.7. The molecular weight excluding hydrogens is 482 g/mol. The molecule has 0 saturated heterocycles. The number of amidine groups is 1. The number of esters is 1. The Morgan fingerprint density at radius 3 is 2.58 bits per heavy atom. The molecule has 0 radical (unpaired) electrons. The number of nitrogens with zero attached hydrogens (tertiary/aromatic N) is 4. The second kappa shape index (κ2) is 13.1. The number of benzene rings is 2. The van der Waals surface area contributed by atoms with Gasteiger partial charge in [-0.05, 0) is 60.4 Å². The van der Waals surface area contributed by atoms with Crippen LogP contribution in [0.2, 0.25) is 0 Å². The first-order valence-electron chi connectivity index (χ1n) is 13.2. The van der Waals surface area contributed by atoms with E-state index >= 15 is 0 Å². The quantitative estimate of drug-likeness (QED) is 0.195. The van der Waals surface area contributed by atoms with Crippen molar-refractivity contribution in [1.82, 2.24) is 4.90 Å². The van der Waals surface area contributed by atoms with Gasteiger partial charge in [0.25, 0.3) is 0 Å². The van der Waals surface area contributed by atoms with Gasteiger partial charge in [0.15, 0.2) is 5.84 Å². The molecule has 0 aromatic heterocycles. The molecule has 1 aliphatic carbocycles. The van der Waals surface area contributed by atoms with Crippen molar-refractivity contribution in [2.45, 2.75) is 45.4 Å². The van der Waals surface area contributed by atoms with Crippen LogP contribution >= 0.6 is 0 Å².